The summed E-state index contributed by atoms with van der Waals surface area (Å²) < 4.78 is 5.23. The lowest BCUT2D eigenvalue weighted by Crippen LogP contribution is -2.29. The Labute approximate surface area is 134 Å². The molecule has 0 spiro atoms. The van der Waals surface area contributed by atoms with Crippen molar-refractivity contribution in [1.29, 1.82) is 0 Å². The predicted octanol–water partition coefficient (Wildman–Crippen LogP) is 3.33. The number of hydrogen-bond donors (Lipinski definition) is 1. The molecule has 0 aliphatic heterocycles. The van der Waals surface area contributed by atoms with Gasteiger partial charge in [0.2, 0.25) is 5.91 Å². The lowest BCUT2D eigenvalue weighted by molar-refractivity contribution is -0.120. The minimum atomic E-state index is -0.614. The maximum atomic E-state index is 11.7. The van der Waals surface area contributed by atoms with Crippen LogP contribution < -0.4 is 10.9 Å². The molecule has 118 valence electrons. The first-order valence-corrected chi connectivity index (χ1v) is 7.61. The third-order valence-electron chi connectivity index (χ3n) is 3.51. The minimum absolute atomic E-state index is 0.0184. The average Bonchev–Trinajstić information content (AvgIpc) is 2.42. The molecule has 0 radical (unpaired) electrons. The zero-order chi connectivity index (χ0) is 16.5. The highest BCUT2D eigenvalue weighted by Crippen LogP contribution is 2.27. The Kier molecular flexibility index (Phi) is 4.61. The van der Waals surface area contributed by atoms with E-state index in [1.54, 1.807) is 13.0 Å². The topological polar surface area (TPSA) is 59.3 Å². The van der Waals surface area contributed by atoms with Gasteiger partial charge in [-0.2, -0.15) is 0 Å². The Morgan fingerprint density at radius 1 is 1.32 bits per heavy atom. The second-order valence-electron chi connectivity index (χ2n) is 6.39. The van der Waals surface area contributed by atoms with Gasteiger partial charge in [0.25, 0.3) is 0 Å². The number of carbonyl (C=O) groups is 1. The van der Waals surface area contributed by atoms with Crippen LogP contribution in [0.4, 0.5) is 0 Å². The zero-order valence-electron chi connectivity index (χ0n) is 13.2. The Balaban J connectivity index is 2.47. The van der Waals surface area contributed by atoms with Crippen LogP contribution in [-0.2, 0) is 16.8 Å². The Morgan fingerprint density at radius 3 is 2.59 bits per heavy atom. The summed E-state index contributed by atoms with van der Waals surface area (Å²) >= 11 is 5.74. The van der Waals surface area contributed by atoms with Crippen LogP contribution in [0, 0.1) is 0 Å². The van der Waals surface area contributed by atoms with Crippen molar-refractivity contribution in [2.75, 3.05) is 0 Å². The summed E-state index contributed by atoms with van der Waals surface area (Å²) in [6.07, 6.45) is 0. The summed E-state index contributed by atoms with van der Waals surface area (Å²) in [5.41, 5.74) is 1.92. The predicted molar refractivity (Wildman–Crippen MR) is 88.3 cm³/mol. The van der Waals surface area contributed by atoms with E-state index in [1.165, 1.54) is 6.07 Å². The van der Waals surface area contributed by atoms with Crippen LogP contribution in [0.15, 0.2) is 33.5 Å². The second-order valence-corrected chi connectivity index (χ2v) is 7.04. The van der Waals surface area contributed by atoms with Gasteiger partial charge < -0.3 is 9.73 Å². The van der Waals surface area contributed by atoms with Crippen LogP contribution in [0.25, 0.3) is 11.0 Å². The molecule has 1 heterocycles. The largest absolute Gasteiger partial charge is 0.423 e. The van der Waals surface area contributed by atoms with Crippen molar-refractivity contribution in [2.24, 2.45) is 0 Å². The van der Waals surface area contributed by atoms with Gasteiger partial charge in [0.1, 0.15) is 11.0 Å². The summed E-state index contributed by atoms with van der Waals surface area (Å²) in [5.74, 6) is -0.268. The Morgan fingerprint density at radius 2 is 2.00 bits per heavy atom. The van der Waals surface area contributed by atoms with Gasteiger partial charge in [0.15, 0.2) is 0 Å². The van der Waals surface area contributed by atoms with Crippen LogP contribution in [-0.4, -0.2) is 11.3 Å². The molecule has 4 nitrogen and oxygen atoms in total. The van der Waals surface area contributed by atoms with Gasteiger partial charge in [0, 0.05) is 18.0 Å². The molecule has 1 atom stereocenters. The maximum Gasteiger partial charge on any atom is 0.336 e. The first-order valence-electron chi connectivity index (χ1n) is 7.17. The number of amides is 1. The van der Waals surface area contributed by atoms with Crippen LogP contribution in [0.3, 0.4) is 0 Å². The first-order chi connectivity index (χ1) is 10.2. The number of nitrogens with one attached hydrogen (secondary N) is 1. The second kappa shape index (κ2) is 6.13. The third kappa shape index (κ3) is 3.69. The van der Waals surface area contributed by atoms with E-state index in [0.29, 0.717) is 5.58 Å². The number of halogens is 1. The molecule has 0 fully saturated rings. The quantitative estimate of drug-likeness (QED) is 0.696. The minimum Gasteiger partial charge on any atom is -0.423 e. The molecule has 1 aromatic carbocycles. The van der Waals surface area contributed by atoms with Gasteiger partial charge in [-0.05, 0) is 35.6 Å². The van der Waals surface area contributed by atoms with E-state index < -0.39 is 11.0 Å². The van der Waals surface area contributed by atoms with Crippen LogP contribution in [0.5, 0.6) is 0 Å². The number of carbonyl (C=O) groups excluding carboxylic acids is 1. The SMILES string of the molecule is CC(Cl)C(=O)NCc1cc(=O)oc2ccc(C(C)(C)C)cc12. The molecule has 0 aliphatic carbocycles. The van der Waals surface area contributed by atoms with Crippen LogP contribution >= 0.6 is 11.6 Å². The van der Waals surface area contributed by atoms with Gasteiger partial charge >= 0.3 is 5.63 Å². The highest BCUT2D eigenvalue weighted by molar-refractivity contribution is 6.30. The number of benzene rings is 1. The number of rotatable bonds is 3. The van der Waals surface area contributed by atoms with Crippen LogP contribution in [0.2, 0.25) is 0 Å². The average molecular weight is 322 g/mol. The van der Waals surface area contributed by atoms with Crippen molar-refractivity contribution in [3.63, 3.8) is 0 Å². The maximum absolute atomic E-state index is 11.7. The van der Waals surface area contributed by atoms with Crippen molar-refractivity contribution in [1.82, 2.24) is 5.32 Å². The molecule has 0 saturated heterocycles. The molecule has 1 amide bonds. The van der Waals surface area contributed by atoms with Gasteiger partial charge in [-0.15, -0.1) is 11.6 Å². The van der Waals surface area contributed by atoms with Crippen molar-refractivity contribution in [3.05, 3.63) is 45.8 Å². The highest BCUT2D eigenvalue weighted by atomic mass is 35.5. The van der Waals surface area contributed by atoms with Gasteiger partial charge in [0.05, 0.1) is 0 Å². The fraction of sp³-hybridized carbons (Fsp3) is 0.412. The van der Waals surface area contributed by atoms with Gasteiger partial charge in [-0.1, -0.05) is 26.8 Å². The summed E-state index contributed by atoms with van der Waals surface area (Å²) in [6.45, 7) is 8.19. The molecular formula is C17H20ClNO3. The molecule has 5 heteroatoms. The zero-order valence-corrected chi connectivity index (χ0v) is 14.0. The summed E-state index contributed by atoms with van der Waals surface area (Å²) in [5, 5.41) is 2.94. The van der Waals surface area contributed by atoms with Crippen molar-refractivity contribution in [2.45, 2.75) is 45.0 Å². The molecule has 2 rings (SSSR count). The molecule has 0 bridgehead atoms. The van der Waals surface area contributed by atoms with Crippen molar-refractivity contribution in [3.8, 4) is 0 Å². The summed E-state index contributed by atoms with van der Waals surface area (Å²) in [4.78, 5) is 23.3. The molecule has 0 saturated carbocycles. The fourth-order valence-electron chi connectivity index (χ4n) is 2.16. The smallest absolute Gasteiger partial charge is 0.336 e. The lowest BCUT2D eigenvalue weighted by Gasteiger charge is -2.19. The van der Waals surface area contributed by atoms with E-state index in [1.807, 2.05) is 12.1 Å². The van der Waals surface area contributed by atoms with Crippen molar-refractivity contribution < 1.29 is 9.21 Å². The monoisotopic (exact) mass is 321 g/mol. The normalized spacial score (nSPS) is 13.1. The molecule has 1 unspecified atom stereocenters. The number of fused-ring (bicyclic) bond motifs is 1. The van der Waals surface area contributed by atoms with Crippen LogP contribution in [0.1, 0.15) is 38.8 Å². The lowest BCUT2D eigenvalue weighted by atomic mass is 9.86. The molecule has 1 aromatic heterocycles. The highest BCUT2D eigenvalue weighted by Gasteiger charge is 2.16. The van der Waals surface area contributed by atoms with Gasteiger partial charge in [-0.3, -0.25) is 4.79 Å². The van der Waals surface area contributed by atoms with Gasteiger partial charge in [-0.25, -0.2) is 4.79 Å². The van der Waals surface area contributed by atoms with E-state index in [2.05, 4.69) is 26.1 Å². The Bertz CT molecular complexity index is 757. The molecule has 1 N–H and O–H groups in total. The summed E-state index contributed by atoms with van der Waals surface area (Å²) in [6, 6.07) is 7.17. The van der Waals surface area contributed by atoms with Crippen molar-refractivity contribution >= 4 is 28.5 Å². The first kappa shape index (κ1) is 16.6. The third-order valence-corrected chi connectivity index (χ3v) is 3.71. The molecule has 2 aromatic rings. The Hall–Kier alpha value is -1.81. The standard InChI is InChI=1S/C17H20ClNO3/c1-10(18)16(21)19-9-11-7-15(20)22-14-6-5-12(8-13(11)14)17(2,3)4/h5-8,10H,9H2,1-4H3,(H,19,21). The van der Waals surface area contributed by atoms with E-state index in [-0.39, 0.29) is 17.9 Å². The molecular weight excluding hydrogens is 302 g/mol. The summed E-state index contributed by atoms with van der Waals surface area (Å²) in [7, 11) is 0. The fourth-order valence-corrected chi connectivity index (χ4v) is 2.24. The number of hydrogen-bond acceptors (Lipinski definition) is 3. The number of alkyl halides is 1. The van der Waals surface area contributed by atoms with E-state index in [0.717, 1.165) is 16.5 Å². The molecule has 0 aliphatic rings. The van der Waals surface area contributed by atoms with E-state index >= 15 is 0 Å². The van der Waals surface area contributed by atoms with E-state index in [4.69, 9.17) is 16.0 Å². The van der Waals surface area contributed by atoms with E-state index in [9.17, 15) is 9.59 Å². The molecule has 22 heavy (non-hydrogen) atoms.